The van der Waals surface area contributed by atoms with Crippen molar-refractivity contribution in [2.45, 2.75) is 45.6 Å². The van der Waals surface area contributed by atoms with Crippen molar-refractivity contribution in [3.63, 3.8) is 0 Å². The molecule has 146 valence electrons. The first-order chi connectivity index (χ1) is 12.8. The molecule has 0 aliphatic carbocycles. The second kappa shape index (κ2) is 8.80. The molecule has 0 saturated heterocycles. The molecule has 1 atom stereocenters. The molecular weight excluding hydrogens is 342 g/mol. The third-order valence-corrected chi connectivity index (χ3v) is 4.33. The third kappa shape index (κ3) is 5.39. The Hall–Kier alpha value is -2.69. The summed E-state index contributed by atoms with van der Waals surface area (Å²) in [5, 5.41) is 2.87. The zero-order chi connectivity index (χ0) is 20.0. The molecule has 0 saturated carbocycles. The number of benzene rings is 2. The van der Waals surface area contributed by atoms with Gasteiger partial charge in [-0.1, -0.05) is 39.8 Å². The predicted molar refractivity (Wildman–Crippen MR) is 108 cm³/mol. The molecule has 2 aromatic rings. The normalized spacial score (nSPS) is 12.2. The Kier molecular flexibility index (Phi) is 6.72. The highest BCUT2D eigenvalue weighted by Gasteiger charge is 2.21. The van der Waals surface area contributed by atoms with Gasteiger partial charge in [-0.3, -0.25) is 4.79 Å². The first kappa shape index (κ1) is 20.6. The second-order valence-corrected chi connectivity index (χ2v) is 7.34. The van der Waals surface area contributed by atoms with E-state index in [4.69, 9.17) is 14.2 Å². The maximum atomic E-state index is 12.7. The van der Waals surface area contributed by atoms with Gasteiger partial charge >= 0.3 is 0 Å². The molecule has 0 heterocycles. The number of rotatable bonds is 7. The van der Waals surface area contributed by atoms with Crippen molar-refractivity contribution < 1.29 is 19.0 Å². The van der Waals surface area contributed by atoms with Gasteiger partial charge in [-0.15, -0.1) is 0 Å². The van der Waals surface area contributed by atoms with Gasteiger partial charge in [0, 0.05) is 6.07 Å². The fraction of sp³-hybridized carbons (Fsp3) is 0.409. The van der Waals surface area contributed by atoms with Crippen molar-refractivity contribution in [2.75, 3.05) is 19.5 Å². The fourth-order valence-electron chi connectivity index (χ4n) is 2.64. The molecule has 2 rings (SSSR count). The molecule has 0 spiro atoms. The van der Waals surface area contributed by atoms with Gasteiger partial charge in [0.1, 0.15) is 17.2 Å². The van der Waals surface area contributed by atoms with Gasteiger partial charge in [0.05, 0.1) is 19.9 Å². The van der Waals surface area contributed by atoms with Crippen LogP contribution in [-0.2, 0) is 10.2 Å². The van der Waals surface area contributed by atoms with Crippen molar-refractivity contribution in [3.05, 3.63) is 48.0 Å². The minimum Gasteiger partial charge on any atom is -0.497 e. The van der Waals surface area contributed by atoms with Gasteiger partial charge in [-0.25, -0.2) is 0 Å². The molecule has 27 heavy (non-hydrogen) atoms. The lowest BCUT2D eigenvalue weighted by atomic mass is 9.87. The third-order valence-electron chi connectivity index (χ3n) is 4.33. The fourth-order valence-corrected chi connectivity index (χ4v) is 2.64. The van der Waals surface area contributed by atoms with Crippen LogP contribution in [0.2, 0.25) is 0 Å². The summed E-state index contributed by atoms with van der Waals surface area (Å²) in [6.07, 6.45) is -0.0690. The first-order valence-corrected chi connectivity index (χ1v) is 9.08. The molecule has 0 aliphatic rings. The molecule has 0 aromatic heterocycles. The molecule has 5 nitrogen and oxygen atoms in total. The predicted octanol–water partition coefficient (Wildman–Crippen LogP) is 4.80. The van der Waals surface area contributed by atoms with E-state index in [0.29, 0.717) is 29.4 Å². The van der Waals surface area contributed by atoms with Crippen LogP contribution in [0.1, 0.15) is 39.7 Å². The number of ether oxygens (including phenoxy) is 3. The molecule has 5 heteroatoms. The number of hydrogen-bond acceptors (Lipinski definition) is 4. The summed E-state index contributed by atoms with van der Waals surface area (Å²) in [5.41, 5.74) is 1.84. The highest BCUT2D eigenvalue weighted by Crippen LogP contribution is 2.29. The van der Waals surface area contributed by atoms with Crippen molar-refractivity contribution in [2.24, 2.45) is 0 Å². The molecule has 0 fully saturated rings. The van der Waals surface area contributed by atoms with Crippen molar-refractivity contribution in [1.82, 2.24) is 0 Å². The monoisotopic (exact) mass is 371 g/mol. The van der Waals surface area contributed by atoms with E-state index >= 15 is 0 Å². The lowest BCUT2D eigenvalue weighted by molar-refractivity contribution is -0.122. The summed E-state index contributed by atoms with van der Waals surface area (Å²) in [6, 6.07) is 13.1. The maximum Gasteiger partial charge on any atom is 0.265 e. The minimum atomic E-state index is -0.610. The SMILES string of the molecule is CC[C@@H](Oc1ccc(C(C)(C)C)cc1)C(=O)Nc1cc(OC)ccc1OC. The van der Waals surface area contributed by atoms with Crippen LogP contribution >= 0.6 is 0 Å². The number of carbonyl (C=O) groups is 1. The Morgan fingerprint density at radius 2 is 1.63 bits per heavy atom. The topological polar surface area (TPSA) is 56.8 Å². The summed E-state index contributed by atoms with van der Waals surface area (Å²) in [7, 11) is 3.13. The van der Waals surface area contributed by atoms with E-state index in [2.05, 4.69) is 26.1 Å². The number of nitrogens with one attached hydrogen (secondary N) is 1. The lowest BCUT2D eigenvalue weighted by Gasteiger charge is -2.21. The molecule has 0 radical (unpaired) electrons. The number of methoxy groups -OCH3 is 2. The number of hydrogen-bond donors (Lipinski definition) is 1. The van der Waals surface area contributed by atoms with Crippen LogP contribution in [0, 0.1) is 0 Å². The Morgan fingerprint density at radius 3 is 2.15 bits per heavy atom. The van der Waals surface area contributed by atoms with Crippen LogP contribution < -0.4 is 19.5 Å². The second-order valence-electron chi connectivity index (χ2n) is 7.34. The molecule has 0 unspecified atom stereocenters. The standard InChI is InChI=1S/C22H29NO4/c1-7-19(27-16-10-8-15(9-11-16)22(2,3)4)21(24)23-18-14-17(25-5)12-13-20(18)26-6/h8-14,19H,7H2,1-6H3,(H,23,24)/t19-/m1/s1. The highest BCUT2D eigenvalue weighted by atomic mass is 16.5. The lowest BCUT2D eigenvalue weighted by Crippen LogP contribution is -2.32. The van der Waals surface area contributed by atoms with Gasteiger partial charge in [-0.2, -0.15) is 0 Å². The van der Waals surface area contributed by atoms with Crippen LogP contribution in [-0.4, -0.2) is 26.2 Å². The summed E-state index contributed by atoms with van der Waals surface area (Å²) >= 11 is 0. The first-order valence-electron chi connectivity index (χ1n) is 9.08. The van der Waals surface area contributed by atoms with E-state index < -0.39 is 6.10 Å². The summed E-state index contributed by atoms with van der Waals surface area (Å²) < 4.78 is 16.4. The summed E-state index contributed by atoms with van der Waals surface area (Å²) in [5.74, 6) is 1.64. The number of amides is 1. The molecule has 1 N–H and O–H groups in total. The summed E-state index contributed by atoms with van der Waals surface area (Å²) in [6.45, 7) is 8.39. The van der Waals surface area contributed by atoms with Crippen LogP contribution in [0.15, 0.2) is 42.5 Å². The van der Waals surface area contributed by atoms with Crippen molar-refractivity contribution in [3.8, 4) is 17.2 Å². The smallest absolute Gasteiger partial charge is 0.265 e. The molecule has 2 aromatic carbocycles. The van der Waals surface area contributed by atoms with Gasteiger partial charge in [0.2, 0.25) is 0 Å². The van der Waals surface area contributed by atoms with Crippen LogP contribution in [0.4, 0.5) is 5.69 Å². The largest absolute Gasteiger partial charge is 0.497 e. The zero-order valence-corrected chi connectivity index (χ0v) is 17.0. The molecule has 0 bridgehead atoms. The van der Waals surface area contributed by atoms with E-state index in [9.17, 15) is 4.79 Å². The number of anilines is 1. The van der Waals surface area contributed by atoms with Crippen LogP contribution in [0.3, 0.4) is 0 Å². The van der Waals surface area contributed by atoms with Crippen molar-refractivity contribution >= 4 is 11.6 Å². The quantitative estimate of drug-likeness (QED) is 0.760. The van der Waals surface area contributed by atoms with E-state index in [1.165, 1.54) is 5.56 Å². The zero-order valence-electron chi connectivity index (χ0n) is 17.0. The Labute approximate surface area is 161 Å². The average Bonchev–Trinajstić information content (AvgIpc) is 2.65. The van der Waals surface area contributed by atoms with E-state index in [0.717, 1.165) is 0 Å². The molecular formula is C22H29NO4. The van der Waals surface area contributed by atoms with E-state index in [1.54, 1.807) is 32.4 Å². The molecule has 1 amide bonds. The van der Waals surface area contributed by atoms with Gasteiger partial charge in [0.25, 0.3) is 5.91 Å². The van der Waals surface area contributed by atoms with Gasteiger partial charge < -0.3 is 19.5 Å². The average molecular weight is 371 g/mol. The Bertz CT molecular complexity index is 763. The van der Waals surface area contributed by atoms with Crippen LogP contribution in [0.25, 0.3) is 0 Å². The maximum absolute atomic E-state index is 12.7. The Balaban J connectivity index is 2.12. The highest BCUT2D eigenvalue weighted by molar-refractivity contribution is 5.95. The van der Waals surface area contributed by atoms with Gasteiger partial charge in [0.15, 0.2) is 6.10 Å². The number of carbonyl (C=O) groups excluding carboxylic acids is 1. The molecule has 0 aliphatic heterocycles. The Morgan fingerprint density at radius 1 is 1.00 bits per heavy atom. The minimum absolute atomic E-state index is 0.0724. The summed E-state index contributed by atoms with van der Waals surface area (Å²) in [4.78, 5) is 12.7. The van der Waals surface area contributed by atoms with E-state index in [-0.39, 0.29) is 11.3 Å². The van der Waals surface area contributed by atoms with E-state index in [1.807, 2.05) is 31.2 Å². The van der Waals surface area contributed by atoms with Crippen molar-refractivity contribution in [1.29, 1.82) is 0 Å². The van der Waals surface area contributed by atoms with Crippen LogP contribution in [0.5, 0.6) is 17.2 Å². The van der Waals surface area contributed by atoms with Gasteiger partial charge in [-0.05, 0) is 41.7 Å².